The Morgan fingerprint density at radius 2 is 2.17 bits per heavy atom. The second-order valence-corrected chi connectivity index (χ2v) is 6.23. The Morgan fingerprint density at radius 1 is 1.33 bits per heavy atom. The van der Waals surface area contributed by atoms with Crippen LogP contribution in [0.1, 0.15) is 23.0 Å². The molecule has 1 unspecified atom stereocenters. The Hall–Kier alpha value is -2.44. The first-order chi connectivity index (χ1) is 11.6. The first kappa shape index (κ1) is 15.1. The minimum absolute atomic E-state index is 0.313. The summed E-state index contributed by atoms with van der Waals surface area (Å²) in [6.45, 7) is -0.548. The standard InChI is InChI=1S/C17H14ClFN4O/c18-13-3-1-9(8-19)5-12(13)10-2-4-15-11(6-10)7-14(20)16-21-22-17(24)23(15)16/h1-6,14H,7-8,20H2,(H,22,24). The van der Waals surface area contributed by atoms with Gasteiger partial charge in [-0.15, -0.1) is 0 Å². The normalized spacial score (nSPS) is 15.9. The number of hydrogen-bond acceptors (Lipinski definition) is 3. The molecule has 3 N–H and O–H groups in total. The van der Waals surface area contributed by atoms with E-state index in [0.29, 0.717) is 22.8 Å². The van der Waals surface area contributed by atoms with Gasteiger partial charge in [0.05, 0.1) is 11.7 Å². The minimum atomic E-state index is -0.548. The van der Waals surface area contributed by atoms with E-state index in [1.54, 1.807) is 18.2 Å². The minimum Gasteiger partial charge on any atom is -0.321 e. The fraction of sp³-hybridized carbons (Fsp3) is 0.176. The number of halogens is 2. The van der Waals surface area contributed by atoms with Crippen LogP contribution in [0.5, 0.6) is 0 Å². The van der Waals surface area contributed by atoms with E-state index in [9.17, 15) is 9.18 Å². The van der Waals surface area contributed by atoms with Crippen molar-refractivity contribution in [3.05, 3.63) is 68.9 Å². The third-order valence-corrected chi connectivity index (χ3v) is 4.62. The lowest BCUT2D eigenvalue weighted by atomic mass is 9.94. The predicted octanol–water partition coefficient (Wildman–Crippen LogP) is 2.91. The Bertz CT molecular complexity index is 994. The Morgan fingerprint density at radius 3 is 2.96 bits per heavy atom. The van der Waals surface area contributed by atoms with Crippen molar-refractivity contribution in [3.63, 3.8) is 0 Å². The second-order valence-electron chi connectivity index (χ2n) is 5.82. The zero-order valence-electron chi connectivity index (χ0n) is 12.6. The lowest BCUT2D eigenvalue weighted by molar-refractivity contribution is 0.485. The smallest absolute Gasteiger partial charge is 0.321 e. The van der Waals surface area contributed by atoms with Crippen LogP contribution in [0.3, 0.4) is 0 Å². The molecule has 122 valence electrons. The van der Waals surface area contributed by atoms with Gasteiger partial charge in [0.15, 0.2) is 5.82 Å². The Balaban J connectivity index is 1.88. The second kappa shape index (κ2) is 5.58. The van der Waals surface area contributed by atoms with Crippen LogP contribution in [-0.4, -0.2) is 14.8 Å². The van der Waals surface area contributed by atoms with Gasteiger partial charge < -0.3 is 5.73 Å². The van der Waals surface area contributed by atoms with E-state index in [0.717, 1.165) is 22.4 Å². The van der Waals surface area contributed by atoms with Crippen LogP contribution in [0, 0.1) is 0 Å². The highest BCUT2D eigenvalue weighted by Crippen LogP contribution is 2.34. The van der Waals surface area contributed by atoms with Gasteiger partial charge >= 0.3 is 5.69 Å². The maximum absolute atomic E-state index is 12.9. The highest BCUT2D eigenvalue weighted by atomic mass is 35.5. The third kappa shape index (κ3) is 2.26. The molecule has 0 bridgehead atoms. The van der Waals surface area contributed by atoms with Crippen molar-refractivity contribution in [2.75, 3.05) is 0 Å². The molecule has 24 heavy (non-hydrogen) atoms. The Kier molecular flexibility index (Phi) is 3.51. The molecule has 1 atom stereocenters. The Labute approximate surface area is 141 Å². The molecule has 0 fully saturated rings. The topological polar surface area (TPSA) is 76.7 Å². The largest absolute Gasteiger partial charge is 0.347 e. The number of hydrogen-bond donors (Lipinski definition) is 2. The molecule has 1 aliphatic rings. The summed E-state index contributed by atoms with van der Waals surface area (Å²) >= 11 is 6.27. The highest BCUT2D eigenvalue weighted by molar-refractivity contribution is 6.33. The molecule has 0 aliphatic carbocycles. The van der Waals surface area contributed by atoms with Crippen molar-refractivity contribution >= 4 is 11.6 Å². The fourth-order valence-corrected chi connectivity index (χ4v) is 3.36. The van der Waals surface area contributed by atoms with Gasteiger partial charge in [-0.3, -0.25) is 0 Å². The van der Waals surface area contributed by atoms with Crippen LogP contribution in [0.4, 0.5) is 4.39 Å². The summed E-state index contributed by atoms with van der Waals surface area (Å²) in [5.74, 6) is 0.526. The number of nitrogens with two attached hydrogens (primary N) is 1. The molecule has 0 saturated carbocycles. The predicted molar refractivity (Wildman–Crippen MR) is 90.1 cm³/mol. The molecule has 2 heterocycles. The van der Waals surface area contributed by atoms with Crippen LogP contribution < -0.4 is 11.4 Å². The summed E-state index contributed by atoms with van der Waals surface area (Å²) < 4.78 is 14.4. The lowest BCUT2D eigenvalue weighted by Crippen LogP contribution is -2.28. The zero-order valence-corrected chi connectivity index (χ0v) is 13.3. The van der Waals surface area contributed by atoms with Gasteiger partial charge in [-0.25, -0.2) is 18.9 Å². The number of rotatable bonds is 2. The molecular formula is C17H14ClFN4O. The number of aromatic amines is 1. The molecule has 0 spiro atoms. The van der Waals surface area contributed by atoms with E-state index >= 15 is 0 Å². The van der Waals surface area contributed by atoms with Crippen molar-refractivity contribution < 1.29 is 4.39 Å². The molecule has 5 nitrogen and oxygen atoms in total. The number of nitrogens with one attached hydrogen (secondary N) is 1. The average Bonchev–Trinajstić information content (AvgIpc) is 2.98. The molecular weight excluding hydrogens is 331 g/mol. The van der Waals surface area contributed by atoms with E-state index in [-0.39, 0.29) is 11.7 Å². The monoisotopic (exact) mass is 344 g/mol. The zero-order chi connectivity index (χ0) is 16.8. The van der Waals surface area contributed by atoms with Gasteiger partial charge in [0.1, 0.15) is 6.67 Å². The summed E-state index contributed by atoms with van der Waals surface area (Å²) in [5, 5.41) is 6.98. The summed E-state index contributed by atoms with van der Waals surface area (Å²) in [4.78, 5) is 12.0. The van der Waals surface area contributed by atoms with Crippen LogP contribution in [0.2, 0.25) is 5.02 Å². The molecule has 0 amide bonds. The van der Waals surface area contributed by atoms with Crippen molar-refractivity contribution in [1.82, 2.24) is 14.8 Å². The van der Waals surface area contributed by atoms with Gasteiger partial charge in [0.2, 0.25) is 0 Å². The molecule has 0 radical (unpaired) electrons. The highest BCUT2D eigenvalue weighted by Gasteiger charge is 2.26. The van der Waals surface area contributed by atoms with E-state index in [1.165, 1.54) is 4.57 Å². The average molecular weight is 345 g/mol. The first-order valence-corrected chi connectivity index (χ1v) is 7.87. The molecule has 4 rings (SSSR count). The van der Waals surface area contributed by atoms with Crippen LogP contribution in [0.15, 0.2) is 41.2 Å². The van der Waals surface area contributed by atoms with E-state index < -0.39 is 6.67 Å². The van der Waals surface area contributed by atoms with Gasteiger partial charge in [-0.2, -0.15) is 5.10 Å². The van der Waals surface area contributed by atoms with Gasteiger partial charge in [-0.1, -0.05) is 23.7 Å². The van der Waals surface area contributed by atoms with Gasteiger partial charge in [0, 0.05) is 10.6 Å². The maximum atomic E-state index is 12.9. The van der Waals surface area contributed by atoms with Gasteiger partial charge in [0.25, 0.3) is 0 Å². The van der Waals surface area contributed by atoms with E-state index in [2.05, 4.69) is 10.2 Å². The number of alkyl halides is 1. The summed E-state index contributed by atoms with van der Waals surface area (Å²) in [6.07, 6.45) is 0.563. The summed E-state index contributed by atoms with van der Waals surface area (Å²) in [7, 11) is 0. The molecule has 7 heteroatoms. The SMILES string of the molecule is NC1Cc2cc(-c3cc(CF)ccc3Cl)ccc2-n2c1n[nH]c2=O. The number of aromatic nitrogens is 3. The van der Waals surface area contributed by atoms with Crippen molar-refractivity contribution in [1.29, 1.82) is 0 Å². The van der Waals surface area contributed by atoms with Crippen LogP contribution >= 0.6 is 11.6 Å². The lowest BCUT2D eigenvalue weighted by Gasteiger charge is -2.22. The maximum Gasteiger partial charge on any atom is 0.347 e. The summed E-state index contributed by atoms with van der Waals surface area (Å²) in [6, 6.07) is 10.4. The van der Waals surface area contributed by atoms with Crippen LogP contribution in [0.25, 0.3) is 16.8 Å². The number of benzene rings is 2. The molecule has 1 aliphatic heterocycles. The third-order valence-electron chi connectivity index (χ3n) is 4.29. The van der Waals surface area contributed by atoms with Gasteiger partial charge in [-0.05, 0) is 47.4 Å². The van der Waals surface area contributed by atoms with Crippen molar-refractivity contribution in [2.24, 2.45) is 5.73 Å². The van der Waals surface area contributed by atoms with E-state index in [1.807, 2.05) is 18.2 Å². The summed E-state index contributed by atoms with van der Waals surface area (Å²) in [5.41, 5.74) is 9.68. The molecule has 2 aromatic carbocycles. The number of nitrogens with zero attached hydrogens (tertiary/aromatic N) is 2. The molecule has 0 saturated heterocycles. The fourth-order valence-electron chi connectivity index (χ4n) is 3.13. The van der Waals surface area contributed by atoms with E-state index in [4.69, 9.17) is 17.3 Å². The molecule has 1 aromatic heterocycles. The number of H-pyrrole nitrogens is 1. The van der Waals surface area contributed by atoms with Crippen LogP contribution in [-0.2, 0) is 13.1 Å². The van der Waals surface area contributed by atoms with Crippen molar-refractivity contribution in [3.8, 4) is 16.8 Å². The van der Waals surface area contributed by atoms with Crippen molar-refractivity contribution in [2.45, 2.75) is 19.1 Å². The first-order valence-electron chi connectivity index (χ1n) is 7.49. The molecule has 3 aromatic rings. The quantitative estimate of drug-likeness (QED) is 0.750. The number of fused-ring (bicyclic) bond motifs is 3.